The van der Waals surface area contributed by atoms with E-state index in [1.807, 2.05) is 54.6 Å². The van der Waals surface area contributed by atoms with Crippen LogP contribution in [0.1, 0.15) is 55.1 Å². The molecule has 3 heteroatoms. The Morgan fingerprint density at radius 2 is 1.87 bits per heavy atom. The van der Waals surface area contributed by atoms with E-state index in [0.717, 1.165) is 30.6 Å². The summed E-state index contributed by atoms with van der Waals surface area (Å²) >= 11 is 0. The van der Waals surface area contributed by atoms with Crippen LogP contribution in [0.5, 0.6) is 5.75 Å². The van der Waals surface area contributed by atoms with Crippen LogP contribution >= 0.6 is 0 Å². The largest absolute Gasteiger partial charge is 0.494 e. The molecule has 1 atom stereocenters. The number of hydrogen-bond donors (Lipinski definition) is 1. The van der Waals surface area contributed by atoms with Crippen molar-refractivity contribution in [3.8, 4) is 5.75 Å². The fraction of sp³-hybridized carbons (Fsp3) is 0.350. The minimum Gasteiger partial charge on any atom is -0.494 e. The zero-order chi connectivity index (χ0) is 16.5. The first-order valence-electron chi connectivity index (χ1n) is 8.33. The molecule has 1 amide bonds. The predicted octanol–water partition coefficient (Wildman–Crippen LogP) is 4.75. The lowest BCUT2D eigenvalue weighted by molar-refractivity contribution is 0.0935. The fourth-order valence-electron chi connectivity index (χ4n) is 2.41. The van der Waals surface area contributed by atoms with Crippen LogP contribution in [0.2, 0.25) is 0 Å². The second-order valence-electron chi connectivity index (χ2n) is 5.57. The van der Waals surface area contributed by atoms with Crippen molar-refractivity contribution in [1.82, 2.24) is 5.32 Å². The van der Waals surface area contributed by atoms with Gasteiger partial charge in [-0.25, -0.2) is 0 Å². The lowest BCUT2D eigenvalue weighted by atomic mass is 10.0. The second kappa shape index (κ2) is 8.99. The van der Waals surface area contributed by atoms with Crippen molar-refractivity contribution in [2.24, 2.45) is 0 Å². The van der Waals surface area contributed by atoms with Gasteiger partial charge in [0.1, 0.15) is 5.75 Å². The van der Waals surface area contributed by atoms with E-state index in [2.05, 4.69) is 19.2 Å². The standard InChI is InChI=1S/C20H25NO2/c1-3-5-14-23-18-13-9-12-17(15-18)20(22)21-19(4-2)16-10-7-6-8-11-16/h6-13,15,19H,3-5,14H2,1-2H3,(H,21,22). The molecule has 122 valence electrons. The minimum atomic E-state index is -0.0679. The number of carbonyl (C=O) groups is 1. The Labute approximate surface area is 138 Å². The lowest BCUT2D eigenvalue weighted by Gasteiger charge is -2.17. The highest BCUT2D eigenvalue weighted by Crippen LogP contribution is 2.18. The molecule has 1 N–H and O–H groups in total. The Morgan fingerprint density at radius 3 is 2.57 bits per heavy atom. The summed E-state index contributed by atoms with van der Waals surface area (Å²) in [4.78, 5) is 12.5. The molecule has 0 radical (unpaired) electrons. The molecule has 2 aromatic carbocycles. The number of ether oxygens (including phenoxy) is 1. The van der Waals surface area contributed by atoms with Gasteiger partial charge in [-0.1, -0.05) is 56.7 Å². The third kappa shape index (κ3) is 5.13. The third-order valence-corrected chi connectivity index (χ3v) is 3.78. The normalized spacial score (nSPS) is 11.7. The summed E-state index contributed by atoms with van der Waals surface area (Å²) in [5.41, 5.74) is 1.76. The van der Waals surface area contributed by atoms with Gasteiger partial charge in [0, 0.05) is 5.56 Å². The Morgan fingerprint density at radius 1 is 1.09 bits per heavy atom. The summed E-state index contributed by atoms with van der Waals surface area (Å²) in [5.74, 6) is 0.681. The van der Waals surface area contributed by atoms with Gasteiger partial charge in [0.2, 0.25) is 0 Å². The highest BCUT2D eigenvalue weighted by molar-refractivity contribution is 5.94. The van der Waals surface area contributed by atoms with E-state index in [-0.39, 0.29) is 11.9 Å². The van der Waals surface area contributed by atoms with Crippen molar-refractivity contribution in [2.45, 2.75) is 39.2 Å². The van der Waals surface area contributed by atoms with Crippen molar-refractivity contribution in [3.05, 3.63) is 65.7 Å². The van der Waals surface area contributed by atoms with E-state index in [0.29, 0.717) is 12.2 Å². The monoisotopic (exact) mass is 311 g/mol. The smallest absolute Gasteiger partial charge is 0.251 e. The van der Waals surface area contributed by atoms with Gasteiger partial charge in [-0.2, -0.15) is 0 Å². The Balaban J connectivity index is 2.03. The van der Waals surface area contributed by atoms with E-state index in [9.17, 15) is 4.79 Å². The molecule has 23 heavy (non-hydrogen) atoms. The molecule has 0 heterocycles. The van der Waals surface area contributed by atoms with Gasteiger partial charge in [0.15, 0.2) is 0 Å². The van der Waals surface area contributed by atoms with E-state index >= 15 is 0 Å². The average molecular weight is 311 g/mol. The summed E-state index contributed by atoms with van der Waals surface area (Å²) in [6.07, 6.45) is 2.96. The summed E-state index contributed by atoms with van der Waals surface area (Å²) in [6.45, 7) is 4.88. The van der Waals surface area contributed by atoms with Gasteiger partial charge in [-0.15, -0.1) is 0 Å². The van der Waals surface area contributed by atoms with Crippen LogP contribution in [0.25, 0.3) is 0 Å². The Bertz CT molecular complexity index is 610. The number of benzene rings is 2. The van der Waals surface area contributed by atoms with E-state index in [1.165, 1.54) is 0 Å². The van der Waals surface area contributed by atoms with Gasteiger partial charge >= 0.3 is 0 Å². The Hall–Kier alpha value is -2.29. The molecule has 0 saturated heterocycles. The highest BCUT2D eigenvalue weighted by atomic mass is 16.5. The predicted molar refractivity (Wildman–Crippen MR) is 93.8 cm³/mol. The number of rotatable bonds is 8. The molecule has 2 aromatic rings. The first-order chi connectivity index (χ1) is 11.2. The molecule has 0 bridgehead atoms. The average Bonchev–Trinajstić information content (AvgIpc) is 2.60. The maximum Gasteiger partial charge on any atom is 0.251 e. The number of amides is 1. The molecular formula is C20H25NO2. The molecule has 0 aliphatic carbocycles. The SMILES string of the molecule is CCCCOc1cccc(C(=O)NC(CC)c2ccccc2)c1. The first-order valence-corrected chi connectivity index (χ1v) is 8.33. The second-order valence-corrected chi connectivity index (χ2v) is 5.57. The van der Waals surface area contributed by atoms with E-state index < -0.39 is 0 Å². The maximum atomic E-state index is 12.5. The molecule has 0 aliphatic heterocycles. The summed E-state index contributed by atoms with van der Waals surface area (Å²) in [5, 5.41) is 3.10. The van der Waals surface area contributed by atoms with Gasteiger partial charge < -0.3 is 10.1 Å². The van der Waals surface area contributed by atoms with Gasteiger partial charge in [0.25, 0.3) is 5.91 Å². The topological polar surface area (TPSA) is 38.3 Å². The van der Waals surface area contributed by atoms with Crippen LogP contribution in [0.15, 0.2) is 54.6 Å². The molecule has 0 aromatic heterocycles. The molecule has 3 nitrogen and oxygen atoms in total. The molecule has 2 rings (SSSR count). The van der Waals surface area contributed by atoms with E-state index in [4.69, 9.17) is 4.74 Å². The minimum absolute atomic E-state index is 0.0216. The molecule has 0 aliphatic rings. The number of carbonyl (C=O) groups excluding carboxylic acids is 1. The van der Waals surface area contributed by atoms with Crippen LogP contribution < -0.4 is 10.1 Å². The number of hydrogen-bond acceptors (Lipinski definition) is 2. The van der Waals surface area contributed by atoms with Gasteiger partial charge in [-0.3, -0.25) is 4.79 Å². The molecular weight excluding hydrogens is 286 g/mol. The van der Waals surface area contributed by atoms with Crippen molar-refractivity contribution >= 4 is 5.91 Å². The van der Waals surface area contributed by atoms with Crippen LogP contribution in [0.4, 0.5) is 0 Å². The van der Waals surface area contributed by atoms with Crippen molar-refractivity contribution < 1.29 is 9.53 Å². The molecule has 0 saturated carbocycles. The summed E-state index contributed by atoms with van der Waals surface area (Å²) in [7, 11) is 0. The number of unbranched alkanes of at least 4 members (excludes halogenated alkanes) is 1. The van der Waals surface area contributed by atoms with Crippen molar-refractivity contribution in [1.29, 1.82) is 0 Å². The Kier molecular flexibility index (Phi) is 6.67. The van der Waals surface area contributed by atoms with E-state index in [1.54, 1.807) is 0 Å². The fourth-order valence-corrected chi connectivity index (χ4v) is 2.41. The van der Waals surface area contributed by atoms with Crippen molar-refractivity contribution in [2.75, 3.05) is 6.61 Å². The maximum absolute atomic E-state index is 12.5. The molecule has 0 spiro atoms. The number of nitrogens with one attached hydrogen (secondary N) is 1. The van der Waals surface area contributed by atoms with Crippen LogP contribution in [0, 0.1) is 0 Å². The lowest BCUT2D eigenvalue weighted by Crippen LogP contribution is -2.28. The van der Waals surface area contributed by atoms with Gasteiger partial charge in [0.05, 0.1) is 12.6 Å². The van der Waals surface area contributed by atoms with Crippen molar-refractivity contribution in [3.63, 3.8) is 0 Å². The molecule has 0 fully saturated rings. The van der Waals surface area contributed by atoms with Crippen LogP contribution in [-0.2, 0) is 0 Å². The quantitative estimate of drug-likeness (QED) is 0.715. The third-order valence-electron chi connectivity index (χ3n) is 3.78. The van der Waals surface area contributed by atoms with Crippen LogP contribution in [-0.4, -0.2) is 12.5 Å². The highest BCUT2D eigenvalue weighted by Gasteiger charge is 2.14. The zero-order valence-corrected chi connectivity index (χ0v) is 13.9. The summed E-state index contributed by atoms with van der Waals surface area (Å²) in [6, 6.07) is 17.4. The van der Waals surface area contributed by atoms with Crippen LogP contribution in [0.3, 0.4) is 0 Å². The zero-order valence-electron chi connectivity index (χ0n) is 13.9. The molecule has 1 unspecified atom stereocenters. The summed E-state index contributed by atoms with van der Waals surface area (Å²) < 4.78 is 5.67. The van der Waals surface area contributed by atoms with Gasteiger partial charge in [-0.05, 0) is 36.6 Å². The first kappa shape index (κ1) is 17.1.